The van der Waals surface area contributed by atoms with E-state index in [1.165, 1.54) is 12.1 Å². The Morgan fingerprint density at radius 1 is 0.935 bits per heavy atom. The molecule has 8 rings (SSSR count). The number of pyridine rings is 1. The van der Waals surface area contributed by atoms with E-state index in [9.17, 15) is 32.3 Å². The Morgan fingerprint density at radius 3 is 2.56 bits per heavy atom. The first-order valence-electron chi connectivity index (χ1n) is 20.2. The Hall–Kier alpha value is -6.81. The van der Waals surface area contributed by atoms with Crippen molar-refractivity contribution in [1.29, 1.82) is 0 Å². The van der Waals surface area contributed by atoms with E-state index in [0.29, 0.717) is 60.8 Å². The van der Waals surface area contributed by atoms with Crippen LogP contribution in [-0.4, -0.2) is 92.6 Å². The molecule has 5 aromatic rings. The number of fused-ring (bicyclic) bond motifs is 2. The lowest BCUT2D eigenvalue weighted by molar-refractivity contribution is -0.252. The van der Waals surface area contributed by atoms with Gasteiger partial charge in [0.1, 0.15) is 0 Å². The first-order valence-corrected chi connectivity index (χ1v) is 20.2. The molecule has 2 fully saturated rings. The highest BCUT2D eigenvalue weighted by Crippen LogP contribution is 2.42. The largest absolute Gasteiger partial charge is 0.416 e. The number of aryl methyl sites for hydroxylation is 1. The zero-order valence-corrected chi connectivity index (χ0v) is 33.6. The van der Waals surface area contributed by atoms with E-state index in [4.69, 9.17) is 9.68 Å². The van der Waals surface area contributed by atoms with Gasteiger partial charge in [0.15, 0.2) is 17.4 Å². The summed E-state index contributed by atoms with van der Waals surface area (Å²) in [5.74, 6) is 5.05. The van der Waals surface area contributed by atoms with Crippen LogP contribution in [-0.2, 0) is 27.1 Å². The number of para-hydroxylation sites is 1. The average molecular weight is 850 g/mol. The number of halogens is 3. The molecule has 2 saturated heterocycles. The molecule has 3 aliphatic heterocycles. The summed E-state index contributed by atoms with van der Waals surface area (Å²) < 4.78 is 43.2. The van der Waals surface area contributed by atoms with E-state index < -0.39 is 29.6 Å². The quantitative estimate of drug-likeness (QED) is 0.0744. The van der Waals surface area contributed by atoms with Crippen LogP contribution in [0.3, 0.4) is 0 Å². The van der Waals surface area contributed by atoms with Gasteiger partial charge in [-0.1, -0.05) is 30.0 Å². The number of aromatic nitrogens is 3. The number of carbonyl (C=O) groups is 4. The maximum Gasteiger partial charge on any atom is 0.416 e. The van der Waals surface area contributed by atoms with E-state index in [-0.39, 0.29) is 60.2 Å². The smallest absolute Gasteiger partial charge is 0.366 e. The van der Waals surface area contributed by atoms with Crippen LogP contribution in [0.2, 0.25) is 0 Å². The summed E-state index contributed by atoms with van der Waals surface area (Å²) in [7, 11) is 0. The van der Waals surface area contributed by atoms with Gasteiger partial charge in [0.05, 0.1) is 17.4 Å². The minimum absolute atomic E-state index is 0.0312. The summed E-state index contributed by atoms with van der Waals surface area (Å²) >= 11 is 0. The van der Waals surface area contributed by atoms with Crippen molar-refractivity contribution in [1.82, 2.24) is 35.5 Å². The highest BCUT2D eigenvalue weighted by molar-refractivity contribution is 6.04. The number of piperazine rings is 1. The van der Waals surface area contributed by atoms with Gasteiger partial charge in [-0.2, -0.15) is 18.3 Å². The number of rotatable bonds is 11. The molecule has 1 unspecified atom stereocenters. The summed E-state index contributed by atoms with van der Waals surface area (Å²) in [6.07, 6.45) is 0.611. The van der Waals surface area contributed by atoms with Gasteiger partial charge < -0.3 is 25.2 Å². The van der Waals surface area contributed by atoms with Crippen molar-refractivity contribution in [2.24, 2.45) is 0 Å². The molecule has 0 bridgehead atoms. The number of nitrogens with one attached hydrogen (secondary N) is 4. The lowest BCUT2D eigenvalue weighted by Crippen LogP contribution is -2.53. The third kappa shape index (κ3) is 9.86. The fraction of sp³-hybridized carbons (Fsp3) is 0.318. The van der Waals surface area contributed by atoms with Crippen LogP contribution in [0.4, 0.5) is 24.5 Å². The third-order valence-electron chi connectivity index (χ3n) is 10.9. The van der Waals surface area contributed by atoms with Crippen molar-refractivity contribution < 1.29 is 42.0 Å². The van der Waals surface area contributed by atoms with Crippen molar-refractivity contribution >= 4 is 46.0 Å². The molecule has 18 heteroatoms. The van der Waals surface area contributed by atoms with Crippen LogP contribution in [0.1, 0.15) is 70.3 Å². The number of anilines is 2. The van der Waals surface area contributed by atoms with E-state index in [2.05, 4.69) is 47.9 Å². The highest BCUT2D eigenvalue weighted by Gasteiger charge is 2.40. The lowest BCUT2D eigenvalue weighted by atomic mass is 10.0. The number of hydrogen-bond acceptors (Lipinski definition) is 11. The molecule has 0 saturated carbocycles. The highest BCUT2D eigenvalue weighted by atomic mass is 19.4. The van der Waals surface area contributed by atoms with E-state index in [1.54, 1.807) is 48.8 Å². The lowest BCUT2D eigenvalue weighted by Gasteiger charge is -2.35. The Morgan fingerprint density at radius 2 is 1.76 bits per heavy atom. The number of benzene rings is 3. The van der Waals surface area contributed by atoms with Crippen molar-refractivity contribution in [3.05, 3.63) is 106 Å². The summed E-state index contributed by atoms with van der Waals surface area (Å²) in [5.41, 5.74) is 2.73. The van der Waals surface area contributed by atoms with Crippen LogP contribution in [0.15, 0.2) is 73.1 Å². The second kappa shape index (κ2) is 18.0. The molecule has 2 aromatic heterocycles. The fourth-order valence-electron chi connectivity index (χ4n) is 7.44. The van der Waals surface area contributed by atoms with Gasteiger partial charge in [-0.15, -0.1) is 0 Å². The number of carbonyl (C=O) groups excluding carboxylic acids is 4. The molecule has 4 amide bonds. The minimum Gasteiger partial charge on any atom is -0.366 e. The molecule has 3 aliphatic rings. The number of imide groups is 1. The summed E-state index contributed by atoms with van der Waals surface area (Å²) in [6, 6.07) is 14.9. The molecule has 3 aromatic carbocycles. The normalized spacial score (nSPS) is 17.1. The van der Waals surface area contributed by atoms with E-state index >= 15 is 0 Å². The van der Waals surface area contributed by atoms with Crippen molar-refractivity contribution in [3.8, 4) is 23.3 Å². The predicted octanol–water partition coefficient (Wildman–Crippen LogP) is 5.57. The number of alkyl halides is 3. The number of piperidine rings is 1. The Balaban J connectivity index is 0.791. The topological polar surface area (TPSA) is 174 Å². The van der Waals surface area contributed by atoms with Gasteiger partial charge in [-0.05, 0) is 86.3 Å². The second-order valence-corrected chi connectivity index (χ2v) is 15.3. The second-order valence-electron chi connectivity index (χ2n) is 15.3. The van der Waals surface area contributed by atoms with Crippen LogP contribution in [0.5, 0.6) is 11.5 Å². The molecular weight excluding hydrogens is 808 g/mol. The molecule has 320 valence electrons. The van der Waals surface area contributed by atoms with Gasteiger partial charge in [0.25, 0.3) is 11.8 Å². The van der Waals surface area contributed by atoms with Crippen molar-refractivity contribution in [2.75, 3.05) is 43.4 Å². The number of hydroxylamine groups is 2. The van der Waals surface area contributed by atoms with Gasteiger partial charge in [0, 0.05) is 84.8 Å². The van der Waals surface area contributed by atoms with E-state index in [1.807, 2.05) is 17.9 Å². The first kappa shape index (κ1) is 41.9. The molecule has 0 aliphatic carbocycles. The number of hydrogen-bond donors (Lipinski definition) is 4. The average Bonchev–Trinajstić information content (AvgIpc) is 3.91. The number of aromatic amines is 1. The third-order valence-corrected chi connectivity index (χ3v) is 10.9. The van der Waals surface area contributed by atoms with E-state index in [0.717, 1.165) is 35.2 Å². The van der Waals surface area contributed by atoms with Crippen LogP contribution >= 0.6 is 0 Å². The standard InChI is InChI=1S/C44H42F3N9O6/c1-27-8-10-30(22-29(27)11-9-28-21-32-25-49-53-41(32)48-24-28)42(59)50-33-13-12-31(34(23-33)44(45,46)47)26-55-19-17-54(18-20-55)16-3-2-7-38(57)51-35-5-4-6-37-40(35)62-56(61-37)36-14-15-39(58)52-43(36)60/h4-6,8,10,12-13,21-25,36H,2-3,7,14-20,26H2,1H3,(H,50,59)(H,51,57)(H,48,49,53)(H,52,58,60). The molecule has 1 atom stereocenters. The maximum absolute atomic E-state index is 14.4. The van der Waals surface area contributed by atoms with Crippen molar-refractivity contribution in [3.63, 3.8) is 0 Å². The summed E-state index contributed by atoms with van der Waals surface area (Å²) in [6.45, 7) is 5.16. The van der Waals surface area contributed by atoms with Crippen LogP contribution < -0.4 is 25.6 Å². The first-order chi connectivity index (χ1) is 29.9. The Labute approximate surface area is 353 Å². The molecule has 4 N–H and O–H groups in total. The predicted molar refractivity (Wildman–Crippen MR) is 220 cm³/mol. The monoisotopic (exact) mass is 849 g/mol. The molecule has 15 nitrogen and oxygen atoms in total. The molecule has 62 heavy (non-hydrogen) atoms. The van der Waals surface area contributed by atoms with Gasteiger partial charge in [-0.25, -0.2) is 4.98 Å². The van der Waals surface area contributed by atoms with Gasteiger partial charge >= 0.3 is 6.18 Å². The Bertz CT molecular complexity index is 2600. The number of unbranched alkanes of at least 4 members (excludes halogenated alkanes) is 1. The molecule has 0 radical (unpaired) electrons. The van der Waals surface area contributed by atoms with Gasteiger partial charge in [0.2, 0.25) is 17.6 Å². The van der Waals surface area contributed by atoms with Crippen LogP contribution in [0.25, 0.3) is 11.0 Å². The summed E-state index contributed by atoms with van der Waals surface area (Å²) in [5, 5.41) is 16.3. The molecule has 5 heterocycles. The summed E-state index contributed by atoms with van der Waals surface area (Å²) in [4.78, 5) is 69.8. The Kier molecular flexibility index (Phi) is 12.2. The molecule has 0 spiro atoms. The zero-order valence-electron chi connectivity index (χ0n) is 33.6. The van der Waals surface area contributed by atoms with Crippen LogP contribution in [0, 0.1) is 18.8 Å². The van der Waals surface area contributed by atoms with Gasteiger partial charge in [-0.3, -0.25) is 34.5 Å². The zero-order chi connectivity index (χ0) is 43.4. The maximum atomic E-state index is 14.4. The number of nitrogens with zero attached hydrogens (tertiary/aromatic N) is 5. The minimum atomic E-state index is -4.64. The SMILES string of the molecule is Cc1ccc(C(=O)Nc2ccc(CN3CCN(CCCCC(=O)Nc4cccc5c4ON(C4CCC(=O)NC4=O)O5)CC3)c(C(F)(F)F)c2)cc1C#Cc1cnc2[nH]ncc2c1. The van der Waals surface area contributed by atoms with Crippen molar-refractivity contribution in [2.45, 2.75) is 57.8 Å². The number of H-pyrrole nitrogens is 1. The molecular formula is C44H42F3N9O6. The fourth-order valence-corrected chi connectivity index (χ4v) is 7.44. The number of amides is 4.